The quantitative estimate of drug-likeness (QED) is 0.870. The van der Waals surface area contributed by atoms with Gasteiger partial charge in [-0.25, -0.2) is 0 Å². The molecular weight excluding hydrogens is 266 g/mol. The van der Waals surface area contributed by atoms with Crippen molar-refractivity contribution in [1.29, 1.82) is 0 Å². The first kappa shape index (κ1) is 13.8. The van der Waals surface area contributed by atoms with Crippen LogP contribution in [0, 0.1) is 0 Å². The number of carbonyl (C=O) groups is 1. The Hall–Kier alpha value is -2.21. The Morgan fingerprint density at radius 3 is 3.00 bits per heavy atom. The van der Waals surface area contributed by atoms with Crippen molar-refractivity contribution in [1.82, 2.24) is 20.1 Å². The Bertz CT molecular complexity index is 589. The van der Waals surface area contributed by atoms with Gasteiger partial charge in [0.15, 0.2) is 5.82 Å². The summed E-state index contributed by atoms with van der Waals surface area (Å²) in [6.45, 7) is 1.97. The standard InChI is InChI=1S/C15H19N5O/c21-15(2-1-12-3-7-16-8-4-12)18-14-6-10-20(19-14)13-5-9-17-11-13/h3-4,6-8,10,13,17H,1-2,5,9,11H2,(H,18,19,21). The molecule has 0 bridgehead atoms. The lowest BCUT2D eigenvalue weighted by Crippen LogP contribution is -2.16. The van der Waals surface area contributed by atoms with Crippen LogP contribution in [0.25, 0.3) is 0 Å². The van der Waals surface area contributed by atoms with Crippen molar-refractivity contribution in [2.75, 3.05) is 18.4 Å². The first-order chi connectivity index (χ1) is 10.3. The zero-order valence-corrected chi connectivity index (χ0v) is 11.8. The molecule has 2 N–H and O–H groups in total. The molecule has 6 heteroatoms. The summed E-state index contributed by atoms with van der Waals surface area (Å²) in [5, 5.41) is 10.6. The first-order valence-electron chi connectivity index (χ1n) is 7.26. The van der Waals surface area contributed by atoms with Crippen LogP contribution in [0.5, 0.6) is 0 Å². The van der Waals surface area contributed by atoms with E-state index < -0.39 is 0 Å². The average Bonchev–Trinajstić information content (AvgIpc) is 3.17. The van der Waals surface area contributed by atoms with E-state index in [1.165, 1.54) is 0 Å². The molecule has 6 nitrogen and oxygen atoms in total. The molecule has 0 spiro atoms. The molecule has 0 aliphatic carbocycles. The van der Waals surface area contributed by atoms with Gasteiger partial charge in [-0.15, -0.1) is 0 Å². The second-order valence-corrected chi connectivity index (χ2v) is 5.23. The van der Waals surface area contributed by atoms with Crippen LogP contribution in [0.2, 0.25) is 0 Å². The van der Waals surface area contributed by atoms with Crippen LogP contribution in [0.15, 0.2) is 36.8 Å². The van der Waals surface area contributed by atoms with Gasteiger partial charge in [0.25, 0.3) is 0 Å². The van der Waals surface area contributed by atoms with Crippen LogP contribution in [0.4, 0.5) is 5.82 Å². The van der Waals surface area contributed by atoms with Gasteiger partial charge in [0.1, 0.15) is 0 Å². The zero-order valence-electron chi connectivity index (χ0n) is 11.8. The molecule has 0 saturated carbocycles. The van der Waals surface area contributed by atoms with Crippen LogP contribution < -0.4 is 10.6 Å². The summed E-state index contributed by atoms with van der Waals surface area (Å²) < 4.78 is 1.93. The van der Waals surface area contributed by atoms with Crippen LogP contribution in [0.3, 0.4) is 0 Å². The Kier molecular flexibility index (Phi) is 4.25. The molecule has 3 rings (SSSR count). The fourth-order valence-electron chi connectivity index (χ4n) is 2.49. The summed E-state index contributed by atoms with van der Waals surface area (Å²) in [4.78, 5) is 15.9. The summed E-state index contributed by atoms with van der Waals surface area (Å²) in [5.74, 6) is 0.614. The van der Waals surface area contributed by atoms with Crippen LogP contribution in [0.1, 0.15) is 24.4 Å². The number of anilines is 1. The fourth-order valence-corrected chi connectivity index (χ4v) is 2.49. The molecule has 1 unspecified atom stereocenters. The Balaban J connectivity index is 1.50. The maximum atomic E-state index is 11.9. The molecular formula is C15H19N5O. The number of rotatable bonds is 5. The predicted molar refractivity (Wildman–Crippen MR) is 79.9 cm³/mol. The highest BCUT2D eigenvalue weighted by Gasteiger charge is 2.17. The van der Waals surface area contributed by atoms with Gasteiger partial charge in [0.2, 0.25) is 5.91 Å². The second-order valence-electron chi connectivity index (χ2n) is 5.23. The molecule has 1 aliphatic rings. The summed E-state index contributed by atoms with van der Waals surface area (Å²) in [6.07, 6.45) is 7.64. The third-order valence-electron chi connectivity index (χ3n) is 3.67. The Labute approximate surface area is 123 Å². The van der Waals surface area contributed by atoms with E-state index in [1.54, 1.807) is 12.4 Å². The number of nitrogens with zero attached hydrogens (tertiary/aromatic N) is 3. The van der Waals surface area contributed by atoms with Crippen molar-refractivity contribution in [3.05, 3.63) is 42.4 Å². The Morgan fingerprint density at radius 2 is 2.24 bits per heavy atom. The van der Waals surface area contributed by atoms with E-state index in [2.05, 4.69) is 20.7 Å². The van der Waals surface area contributed by atoms with E-state index in [-0.39, 0.29) is 5.91 Å². The first-order valence-corrected chi connectivity index (χ1v) is 7.26. The minimum absolute atomic E-state index is 0.0124. The minimum Gasteiger partial charge on any atom is -0.315 e. The molecule has 2 aromatic rings. The van der Waals surface area contributed by atoms with Crippen molar-refractivity contribution in [3.63, 3.8) is 0 Å². The normalized spacial score (nSPS) is 17.8. The van der Waals surface area contributed by atoms with Crippen molar-refractivity contribution in [3.8, 4) is 0 Å². The molecule has 3 heterocycles. The predicted octanol–water partition coefficient (Wildman–Crippen LogP) is 1.38. The third-order valence-corrected chi connectivity index (χ3v) is 3.67. The minimum atomic E-state index is -0.0124. The summed E-state index contributed by atoms with van der Waals surface area (Å²) in [5.41, 5.74) is 1.11. The number of amides is 1. The maximum absolute atomic E-state index is 11.9. The monoisotopic (exact) mass is 285 g/mol. The number of hydrogen-bond acceptors (Lipinski definition) is 4. The van der Waals surface area contributed by atoms with Gasteiger partial charge >= 0.3 is 0 Å². The van der Waals surface area contributed by atoms with Gasteiger partial charge in [-0.1, -0.05) is 0 Å². The highest BCUT2D eigenvalue weighted by molar-refractivity contribution is 5.89. The number of hydrogen-bond donors (Lipinski definition) is 2. The largest absolute Gasteiger partial charge is 0.315 e. The highest BCUT2D eigenvalue weighted by atomic mass is 16.1. The van der Waals surface area contributed by atoms with Gasteiger partial charge < -0.3 is 10.6 Å². The number of nitrogens with one attached hydrogen (secondary N) is 2. The molecule has 0 radical (unpaired) electrons. The van der Waals surface area contributed by atoms with E-state index >= 15 is 0 Å². The van der Waals surface area contributed by atoms with Crippen molar-refractivity contribution in [2.45, 2.75) is 25.3 Å². The molecule has 110 valence electrons. The fraction of sp³-hybridized carbons (Fsp3) is 0.400. The number of carbonyl (C=O) groups excluding carboxylic acids is 1. The van der Waals surface area contributed by atoms with E-state index in [0.29, 0.717) is 24.7 Å². The molecule has 0 aromatic carbocycles. The van der Waals surface area contributed by atoms with Gasteiger partial charge in [0, 0.05) is 37.6 Å². The SMILES string of the molecule is O=C(CCc1ccncc1)Nc1ccn(C2CCNC2)n1. The molecule has 1 saturated heterocycles. The summed E-state index contributed by atoms with van der Waals surface area (Å²) in [6, 6.07) is 6.10. The lowest BCUT2D eigenvalue weighted by atomic mass is 10.1. The summed E-state index contributed by atoms with van der Waals surface area (Å²) in [7, 11) is 0. The average molecular weight is 285 g/mol. The van der Waals surface area contributed by atoms with Crippen molar-refractivity contribution in [2.24, 2.45) is 0 Å². The second kappa shape index (κ2) is 6.49. The highest BCUT2D eigenvalue weighted by Crippen LogP contribution is 2.15. The van der Waals surface area contributed by atoms with E-state index in [9.17, 15) is 4.79 Å². The van der Waals surface area contributed by atoms with Crippen LogP contribution in [-0.4, -0.2) is 33.8 Å². The molecule has 21 heavy (non-hydrogen) atoms. The van der Waals surface area contributed by atoms with E-state index in [4.69, 9.17) is 0 Å². The molecule has 2 aromatic heterocycles. The topological polar surface area (TPSA) is 71.8 Å². The van der Waals surface area contributed by atoms with E-state index in [0.717, 1.165) is 25.1 Å². The van der Waals surface area contributed by atoms with Gasteiger partial charge in [-0.3, -0.25) is 14.5 Å². The van der Waals surface area contributed by atoms with E-state index in [1.807, 2.05) is 29.1 Å². The lowest BCUT2D eigenvalue weighted by molar-refractivity contribution is -0.116. The van der Waals surface area contributed by atoms with Gasteiger partial charge in [-0.2, -0.15) is 5.10 Å². The molecule has 1 aliphatic heterocycles. The smallest absolute Gasteiger partial charge is 0.225 e. The molecule has 1 atom stereocenters. The van der Waals surface area contributed by atoms with Gasteiger partial charge in [0.05, 0.1) is 6.04 Å². The summed E-state index contributed by atoms with van der Waals surface area (Å²) >= 11 is 0. The number of aromatic nitrogens is 3. The molecule has 1 amide bonds. The van der Waals surface area contributed by atoms with Crippen molar-refractivity contribution >= 4 is 11.7 Å². The lowest BCUT2D eigenvalue weighted by Gasteiger charge is -2.08. The number of pyridine rings is 1. The van der Waals surface area contributed by atoms with Crippen LogP contribution >= 0.6 is 0 Å². The van der Waals surface area contributed by atoms with Gasteiger partial charge in [-0.05, 0) is 37.1 Å². The Morgan fingerprint density at radius 1 is 1.38 bits per heavy atom. The van der Waals surface area contributed by atoms with Crippen LogP contribution in [-0.2, 0) is 11.2 Å². The third kappa shape index (κ3) is 3.66. The maximum Gasteiger partial charge on any atom is 0.225 e. The number of aryl methyl sites for hydroxylation is 1. The molecule has 1 fully saturated rings. The zero-order chi connectivity index (χ0) is 14.5. The van der Waals surface area contributed by atoms with Crippen molar-refractivity contribution < 1.29 is 4.79 Å².